The summed E-state index contributed by atoms with van der Waals surface area (Å²) < 4.78 is 0. The first kappa shape index (κ1) is 28.8. The number of hydrogen-bond donors (Lipinski definition) is 0. The van der Waals surface area contributed by atoms with E-state index in [1.54, 1.807) is 0 Å². The molecule has 0 unspecified atom stereocenters. The summed E-state index contributed by atoms with van der Waals surface area (Å²) in [6.07, 6.45) is 1.86. The van der Waals surface area contributed by atoms with Crippen molar-refractivity contribution in [1.82, 2.24) is 9.97 Å². The zero-order valence-electron chi connectivity index (χ0n) is 28.7. The highest BCUT2D eigenvalue weighted by Crippen LogP contribution is 2.65. The molecule has 0 fully saturated rings. The highest BCUT2D eigenvalue weighted by atomic mass is 14.8. The Hall–Kier alpha value is -6.90. The van der Waals surface area contributed by atoms with E-state index in [4.69, 9.17) is 9.97 Å². The average molecular weight is 671 g/mol. The topological polar surface area (TPSA) is 25.8 Å². The molecular formula is C51H30N2. The number of nitrogens with zero attached hydrogens (tertiary/aromatic N) is 2. The minimum absolute atomic E-state index is 0.488. The number of fused-ring (bicyclic) bond motifs is 17. The van der Waals surface area contributed by atoms with Gasteiger partial charge in [0.05, 0.1) is 22.1 Å². The zero-order valence-corrected chi connectivity index (χ0v) is 28.7. The van der Waals surface area contributed by atoms with Crippen LogP contribution in [0.1, 0.15) is 22.3 Å². The number of benzene rings is 8. The fourth-order valence-electron chi connectivity index (χ4n) is 9.81. The Labute approximate surface area is 306 Å². The molecular weight excluding hydrogens is 641 g/mol. The molecule has 0 aliphatic heterocycles. The van der Waals surface area contributed by atoms with Crippen LogP contribution >= 0.6 is 0 Å². The molecule has 244 valence electrons. The Morgan fingerprint density at radius 3 is 1.74 bits per heavy atom. The van der Waals surface area contributed by atoms with Gasteiger partial charge in [0, 0.05) is 22.5 Å². The van der Waals surface area contributed by atoms with Crippen LogP contribution in [0.25, 0.3) is 88.0 Å². The van der Waals surface area contributed by atoms with Crippen LogP contribution < -0.4 is 0 Å². The quantitative estimate of drug-likeness (QED) is 0.171. The van der Waals surface area contributed by atoms with Crippen LogP contribution in [-0.4, -0.2) is 9.97 Å². The lowest BCUT2D eigenvalue weighted by atomic mass is 9.69. The van der Waals surface area contributed by atoms with Gasteiger partial charge in [-0.05, 0) is 95.4 Å². The van der Waals surface area contributed by atoms with Crippen molar-refractivity contribution in [2.45, 2.75) is 5.41 Å². The number of pyridine rings is 2. The van der Waals surface area contributed by atoms with Gasteiger partial charge in [-0.3, -0.25) is 4.98 Å². The maximum absolute atomic E-state index is 5.35. The summed E-state index contributed by atoms with van der Waals surface area (Å²) in [5, 5.41) is 7.26. The summed E-state index contributed by atoms with van der Waals surface area (Å²) >= 11 is 0. The predicted molar refractivity (Wildman–Crippen MR) is 219 cm³/mol. The van der Waals surface area contributed by atoms with Crippen LogP contribution in [-0.2, 0) is 5.41 Å². The summed E-state index contributed by atoms with van der Waals surface area (Å²) in [5.41, 5.74) is 16.5. The molecule has 2 heterocycles. The fourth-order valence-corrected chi connectivity index (χ4v) is 9.81. The van der Waals surface area contributed by atoms with Crippen LogP contribution in [0.15, 0.2) is 182 Å². The van der Waals surface area contributed by atoms with Gasteiger partial charge in [-0.25, -0.2) is 4.98 Å². The second-order valence-electron chi connectivity index (χ2n) is 14.4. The van der Waals surface area contributed by atoms with Gasteiger partial charge >= 0.3 is 0 Å². The lowest BCUT2D eigenvalue weighted by Gasteiger charge is -2.32. The first-order valence-corrected chi connectivity index (χ1v) is 18.3. The van der Waals surface area contributed by atoms with E-state index in [2.05, 4.69) is 170 Å². The maximum atomic E-state index is 5.35. The van der Waals surface area contributed by atoms with Crippen molar-refractivity contribution in [2.24, 2.45) is 0 Å². The van der Waals surface area contributed by atoms with Crippen LogP contribution in [0.2, 0.25) is 0 Å². The lowest BCUT2D eigenvalue weighted by Crippen LogP contribution is -2.26. The van der Waals surface area contributed by atoms with Crippen molar-refractivity contribution in [2.75, 3.05) is 0 Å². The standard InChI is InChI=1S/C51H30N2/c1-2-14-34-31(12-1)25-27-41-47-40-20-6-4-16-36(40)42(30-45(47)51(48(34)41)43-21-9-7-17-37(43)38-18-8-10-22-44(38)51)35-15-3-5-19-39(35)46-28-26-33-24-23-32-13-11-29-52-49(32)50(33)53-46/h1-30H. The minimum atomic E-state index is -0.488. The molecule has 0 bridgehead atoms. The van der Waals surface area contributed by atoms with Crippen molar-refractivity contribution in [3.63, 3.8) is 0 Å². The Kier molecular flexibility index (Phi) is 5.73. The molecule has 2 aliphatic carbocycles. The second-order valence-corrected chi connectivity index (χ2v) is 14.4. The Morgan fingerprint density at radius 1 is 0.358 bits per heavy atom. The molecule has 0 saturated heterocycles. The lowest BCUT2D eigenvalue weighted by molar-refractivity contribution is 0.802. The zero-order chi connectivity index (χ0) is 34.7. The number of rotatable bonds is 2. The first-order chi connectivity index (χ1) is 26.3. The van der Waals surface area contributed by atoms with Crippen molar-refractivity contribution < 1.29 is 0 Å². The Balaban J connectivity index is 1.21. The molecule has 10 aromatic rings. The van der Waals surface area contributed by atoms with Crippen LogP contribution in [0.3, 0.4) is 0 Å². The van der Waals surface area contributed by atoms with Crippen LogP contribution in [0, 0.1) is 0 Å². The number of aromatic nitrogens is 2. The van der Waals surface area contributed by atoms with Crippen molar-refractivity contribution in [3.05, 3.63) is 204 Å². The predicted octanol–water partition coefficient (Wildman–Crippen LogP) is 12.8. The van der Waals surface area contributed by atoms with Crippen molar-refractivity contribution in [3.8, 4) is 44.6 Å². The van der Waals surface area contributed by atoms with Gasteiger partial charge in [0.1, 0.15) is 0 Å². The molecule has 0 N–H and O–H groups in total. The molecule has 0 amide bonds. The average Bonchev–Trinajstić information content (AvgIpc) is 3.71. The van der Waals surface area contributed by atoms with E-state index in [0.717, 1.165) is 33.1 Å². The van der Waals surface area contributed by atoms with Crippen molar-refractivity contribution >= 4 is 43.4 Å². The van der Waals surface area contributed by atoms with Gasteiger partial charge in [0.25, 0.3) is 0 Å². The van der Waals surface area contributed by atoms with Gasteiger partial charge in [-0.1, -0.05) is 158 Å². The summed E-state index contributed by atoms with van der Waals surface area (Å²) in [5.74, 6) is 0. The second kappa shape index (κ2) is 10.6. The molecule has 0 radical (unpaired) electrons. The number of hydrogen-bond acceptors (Lipinski definition) is 2. The maximum Gasteiger partial charge on any atom is 0.0972 e. The van der Waals surface area contributed by atoms with Gasteiger partial charge < -0.3 is 0 Å². The molecule has 2 nitrogen and oxygen atoms in total. The van der Waals surface area contributed by atoms with E-state index >= 15 is 0 Å². The summed E-state index contributed by atoms with van der Waals surface area (Å²) in [6.45, 7) is 0. The van der Waals surface area contributed by atoms with Gasteiger partial charge in [-0.2, -0.15) is 0 Å². The molecule has 1 spiro atoms. The SMILES string of the molecule is c1ccc(-c2cc3c(c4ccccc24)-c2ccc4ccccc4c2C32c3ccccc3-c3ccccc32)c(-c2ccc3ccc4cccnc4c3n2)c1. The van der Waals surface area contributed by atoms with Crippen LogP contribution in [0.5, 0.6) is 0 Å². The Bertz CT molecular complexity index is 3140. The van der Waals surface area contributed by atoms with Crippen LogP contribution in [0.4, 0.5) is 0 Å². The van der Waals surface area contributed by atoms with Gasteiger partial charge in [0.2, 0.25) is 0 Å². The molecule has 53 heavy (non-hydrogen) atoms. The molecule has 12 rings (SSSR count). The fraction of sp³-hybridized carbons (Fsp3) is 0.0196. The van der Waals surface area contributed by atoms with E-state index < -0.39 is 5.41 Å². The molecule has 8 aromatic carbocycles. The molecule has 2 heteroatoms. The van der Waals surface area contributed by atoms with E-state index in [9.17, 15) is 0 Å². The van der Waals surface area contributed by atoms with Crippen molar-refractivity contribution in [1.29, 1.82) is 0 Å². The Morgan fingerprint density at radius 2 is 0.943 bits per heavy atom. The van der Waals surface area contributed by atoms with E-state index in [-0.39, 0.29) is 0 Å². The smallest absolute Gasteiger partial charge is 0.0972 e. The van der Waals surface area contributed by atoms with Gasteiger partial charge in [-0.15, -0.1) is 0 Å². The van der Waals surface area contributed by atoms with E-state index in [1.807, 2.05) is 12.3 Å². The summed E-state index contributed by atoms with van der Waals surface area (Å²) in [6, 6.07) is 64.9. The molecule has 0 saturated carbocycles. The third-order valence-electron chi connectivity index (χ3n) is 11.9. The molecule has 2 aliphatic rings. The largest absolute Gasteiger partial charge is 0.254 e. The third-order valence-corrected chi connectivity index (χ3v) is 11.9. The monoisotopic (exact) mass is 670 g/mol. The highest BCUT2D eigenvalue weighted by molar-refractivity contribution is 6.15. The van der Waals surface area contributed by atoms with E-state index in [1.165, 1.54) is 77.2 Å². The minimum Gasteiger partial charge on any atom is -0.254 e. The molecule has 2 aromatic heterocycles. The summed E-state index contributed by atoms with van der Waals surface area (Å²) in [7, 11) is 0. The summed E-state index contributed by atoms with van der Waals surface area (Å²) in [4.78, 5) is 10.1. The first-order valence-electron chi connectivity index (χ1n) is 18.3. The molecule has 0 atom stereocenters. The third kappa shape index (κ3) is 3.72. The highest BCUT2D eigenvalue weighted by Gasteiger charge is 2.53. The van der Waals surface area contributed by atoms with Gasteiger partial charge in [0.15, 0.2) is 0 Å². The van der Waals surface area contributed by atoms with E-state index in [0.29, 0.717) is 0 Å². The normalized spacial score (nSPS) is 13.4.